The number of aliphatic hydroxyl groups is 1. The molecule has 3 N–H and O–H groups in total. The molecule has 29 heavy (non-hydrogen) atoms. The largest absolute Gasteiger partial charge is 0.507 e. The van der Waals surface area contributed by atoms with Crippen LogP contribution in [-0.2, 0) is 9.59 Å². The van der Waals surface area contributed by atoms with Gasteiger partial charge in [-0.05, 0) is 37.3 Å². The first-order valence-electron chi connectivity index (χ1n) is 8.64. The van der Waals surface area contributed by atoms with E-state index >= 15 is 0 Å². The zero-order valence-corrected chi connectivity index (χ0v) is 16.0. The third kappa shape index (κ3) is 6.94. The van der Waals surface area contributed by atoms with Crippen LogP contribution in [0.3, 0.4) is 0 Å². The van der Waals surface area contributed by atoms with Crippen LogP contribution < -0.4 is 10.1 Å². The number of rotatable bonds is 7. The normalized spacial score (nSPS) is 12.1. The van der Waals surface area contributed by atoms with Crippen molar-refractivity contribution in [3.63, 3.8) is 0 Å². The molecule has 0 fully saturated rings. The number of amides is 1. The average molecular weight is 395 g/mol. The van der Waals surface area contributed by atoms with Crippen molar-refractivity contribution in [3.8, 4) is 11.5 Å². The smallest absolute Gasteiger partial charge is 0.322 e. The van der Waals surface area contributed by atoms with Gasteiger partial charge in [-0.2, -0.15) is 0 Å². The molecule has 150 valence electrons. The Morgan fingerprint density at radius 2 is 1.83 bits per heavy atom. The molecule has 0 unspecified atom stereocenters. The maximum Gasteiger partial charge on any atom is 0.322 e. The number of hydrogen-bond donors (Lipinski definition) is 3. The summed E-state index contributed by atoms with van der Waals surface area (Å²) in [6, 6.07) is 14.1. The van der Waals surface area contributed by atoms with Crippen molar-refractivity contribution in [2.45, 2.75) is 6.92 Å². The van der Waals surface area contributed by atoms with Crippen LogP contribution in [0.1, 0.15) is 18.1 Å². The van der Waals surface area contributed by atoms with Crippen LogP contribution in [0.2, 0.25) is 0 Å². The molecule has 8 heteroatoms. The Balaban J connectivity index is 2.35. The fourth-order valence-corrected chi connectivity index (χ4v) is 2.21. The minimum atomic E-state index is -1.18. The van der Waals surface area contributed by atoms with E-state index in [2.05, 4.69) is 15.3 Å². The van der Waals surface area contributed by atoms with Gasteiger partial charge in [0.15, 0.2) is 0 Å². The van der Waals surface area contributed by atoms with Crippen molar-refractivity contribution in [1.29, 1.82) is 0 Å². The molecule has 0 atom stereocenters. The standard InChI is InChI=1S/C21H21N3O5/c1-14(22-2)23-12-15-10-17(29-16-6-4-3-5-7-16)8-9-18(15)19(25)11-20(26)24-13-21(27)28/h3-12,25H,13H2,1-2H3,(H,24,26)(H,27,28). The van der Waals surface area contributed by atoms with Gasteiger partial charge in [-0.25, -0.2) is 4.99 Å². The van der Waals surface area contributed by atoms with Crippen LogP contribution in [0.5, 0.6) is 11.5 Å². The third-order valence-electron chi connectivity index (χ3n) is 3.67. The van der Waals surface area contributed by atoms with Crippen molar-refractivity contribution >= 4 is 29.7 Å². The number of amidine groups is 1. The minimum Gasteiger partial charge on any atom is -0.507 e. The van der Waals surface area contributed by atoms with Crippen molar-refractivity contribution in [3.05, 3.63) is 65.7 Å². The number of aliphatic imine (C=N–C) groups is 2. The SMILES string of the molecule is CN=C(C)N=Cc1cc(Oc2ccccc2)ccc1C(O)=CC(=O)NCC(=O)O. The fourth-order valence-electron chi connectivity index (χ4n) is 2.21. The van der Waals surface area contributed by atoms with Gasteiger partial charge in [-0.1, -0.05) is 18.2 Å². The Kier molecular flexibility index (Phi) is 7.67. The van der Waals surface area contributed by atoms with Crippen LogP contribution in [0.15, 0.2) is 64.6 Å². The zero-order valence-electron chi connectivity index (χ0n) is 16.0. The van der Waals surface area contributed by atoms with Crippen molar-refractivity contribution in [1.82, 2.24) is 5.32 Å². The van der Waals surface area contributed by atoms with Crippen molar-refractivity contribution < 1.29 is 24.5 Å². The summed E-state index contributed by atoms with van der Waals surface area (Å²) >= 11 is 0. The van der Waals surface area contributed by atoms with Gasteiger partial charge in [0.05, 0.1) is 0 Å². The van der Waals surface area contributed by atoms with Gasteiger partial charge >= 0.3 is 5.97 Å². The van der Waals surface area contributed by atoms with Crippen LogP contribution in [-0.4, -0.2) is 47.7 Å². The molecule has 0 saturated heterocycles. The van der Waals surface area contributed by atoms with Gasteiger partial charge in [0.2, 0.25) is 5.91 Å². The molecule has 0 aromatic heterocycles. The molecule has 0 aliphatic heterocycles. The predicted molar refractivity (Wildman–Crippen MR) is 111 cm³/mol. The summed E-state index contributed by atoms with van der Waals surface area (Å²) in [7, 11) is 1.60. The molecule has 2 aromatic carbocycles. The first-order valence-corrected chi connectivity index (χ1v) is 8.64. The zero-order chi connectivity index (χ0) is 21.2. The molecule has 2 aromatic rings. The molecule has 1 amide bonds. The van der Waals surface area contributed by atoms with E-state index in [1.807, 2.05) is 18.2 Å². The van der Waals surface area contributed by atoms with Gasteiger partial charge in [0.1, 0.15) is 29.6 Å². The molecule has 8 nitrogen and oxygen atoms in total. The number of carboxylic acids is 1. The number of benzene rings is 2. The molecule has 0 heterocycles. The number of nitrogens with zero attached hydrogens (tertiary/aromatic N) is 2. The monoisotopic (exact) mass is 395 g/mol. The van der Waals surface area contributed by atoms with Gasteiger partial charge in [0, 0.05) is 30.5 Å². The highest BCUT2D eigenvalue weighted by molar-refractivity contribution is 5.99. The maximum absolute atomic E-state index is 11.8. The number of carboxylic acid groups (broad SMARTS) is 1. The number of ether oxygens (including phenoxy) is 1. The molecule has 0 spiro atoms. The highest BCUT2D eigenvalue weighted by Gasteiger charge is 2.11. The van der Waals surface area contributed by atoms with E-state index in [9.17, 15) is 14.7 Å². The molecule has 0 aliphatic carbocycles. The van der Waals surface area contributed by atoms with E-state index in [1.54, 1.807) is 44.3 Å². The first kappa shape index (κ1) is 21.4. The molecule has 0 aliphatic rings. The minimum absolute atomic E-state index is 0.323. The lowest BCUT2D eigenvalue weighted by atomic mass is 10.1. The topological polar surface area (TPSA) is 121 Å². The second kappa shape index (κ2) is 10.4. The van der Waals surface area contributed by atoms with Gasteiger partial charge in [0.25, 0.3) is 0 Å². The summed E-state index contributed by atoms with van der Waals surface area (Å²) < 4.78 is 5.80. The highest BCUT2D eigenvalue weighted by atomic mass is 16.5. The predicted octanol–water partition coefficient (Wildman–Crippen LogP) is 3.05. The lowest BCUT2D eigenvalue weighted by Gasteiger charge is -2.10. The molecule has 0 bridgehead atoms. The number of carbonyl (C=O) groups is 2. The Morgan fingerprint density at radius 1 is 1.10 bits per heavy atom. The second-order valence-electron chi connectivity index (χ2n) is 5.83. The Morgan fingerprint density at radius 3 is 2.48 bits per heavy atom. The van der Waals surface area contributed by atoms with E-state index in [1.165, 1.54) is 6.21 Å². The summed E-state index contributed by atoms with van der Waals surface area (Å²) in [5.41, 5.74) is 0.810. The number of hydrogen-bond acceptors (Lipinski definition) is 5. The molecule has 0 saturated carbocycles. The summed E-state index contributed by atoms with van der Waals surface area (Å²) in [6.45, 7) is 1.17. The number of para-hydroxylation sites is 1. The Bertz CT molecular complexity index is 966. The lowest BCUT2D eigenvalue weighted by Crippen LogP contribution is -2.27. The van der Waals surface area contributed by atoms with Crippen molar-refractivity contribution in [2.24, 2.45) is 9.98 Å². The van der Waals surface area contributed by atoms with Gasteiger partial charge < -0.3 is 20.3 Å². The summed E-state index contributed by atoms with van der Waals surface area (Å²) in [4.78, 5) is 30.5. The quantitative estimate of drug-likeness (QED) is 0.288. The van der Waals surface area contributed by atoms with E-state index in [0.717, 1.165) is 6.08 Å². The number of carbonyl (C=O) groups excluding carboxylic acids is 1. The van der Waals surface area contributed by atoms with E-state index in [0.29, 0.717) is 28.5 Å². The summed E-state index contributed by atoms with van der Waals surface area (Å²) in [5.74, 6) is -0.586. The van der Waals surface area contributed by atoms with Gasteiger partial charge in [-0.15, -0.1) is 0 Å². The first-order chi connectivity index (χ1) is 13.9. The number of aliphatic hydroxyl groups excluding tert-OH is 1. The highest BCUT2D eigenvalue weighted by Crippen LogP contribution is 2.26. The van der Waals surface area contributed by atoms with Gasteiger partial charge in [-0.3, -0.25) is 14.6 Å². The van der Waals surface area contributed by atoms with E-state index in [-0.39, 0.29) is 5.76 Å². The maximum atomic E-state index is 11.8. The van der Waals surface area contributed by atoms with Crippen LogP contribution in [0.25, 0.3) is 5.76 Å². The lowest BCUT2D eigenvalue weighted by molar-refractivity contribution is -0.137. The average Bonchev–Trinajstić information content (AvgIpc) is 2.71. The molecular weight excluding hydrogens is 374 g/mol. The number of nitrogens with one attached hydrogen (secondary N) is 1. The molecule has 0 radical (unpaired) electrons. The van der Waals surface area contributed by atoms with Crippen molar-refractivity contribution in [2.75, 3.05) is 13.6 Å². The fraction of sp³-hybridized carbons (Fsp3) is 0.143. The molecule has 2 rings (SSSR count). The third-order valence-corrected chi connectivity index (χ3v) is 3.67. The van der Waals surface area contributed by atoms with Crippen LogP contribution >= 0.6 is 0 Å². The summed E-state index contributed by atoms with van der Waals surface area (Å²) in [6.07, 6.45) is 2.41. The van der Waals surface area contributed by atoms with Crippen LogP contribution in [0, 0.1) is 0 Å². The van der Waals surface area contributed by atoms with E-state index in [4.69, 9.17) is 9.84 Å². The Labute approximate surface area is 167 Å². The molecular formula is C21H21N3O5. The Hall–Kier alpha value is -3.94. The summed E-state index contributed by atoms with van der Waals surface area (Å²) in [5, 5.41) is 21.1. The second-order valence-corrected chi connectivity index (χ2v) is 5.83. The van der Waals surface area contributed by atoms with E-state index < -0.39 is 18.4 Å². The van der Waals surface area contributed by atoms with Crippen LogP contribution in [0.4, 0.5) is 0 Å². The number of aliphatic carboxylic acids is 1.